The van der Waals surface area contributed by atoms with E-state index in [1.54, 1.807) is 12.1 Å². The first-order chi connectivity index (χ1) is 8.16. The third kappa shape index (κ3) is 3.74. The molecule has 0 heterocycles. The third-order valence-electron chi connectivity index (χ3n) is 2.32. The Morgan fingerprint density at radius 1 is 0.941 bits per heavy atom. The number of hydrogen-bond donors (Lipinski definition) is 2. The summed E-state index contributed by atoms with van der Waals surface area (Å²) in [6, 6.07) is 18.3. The predicted octanol–water partition coefficient (Wildman–Crippen LogP) is 3.48. The largest absolute Gasteiger partial charge is 0.329 e. The van der Waals surface area contributed by atoms with Crippen molar-refractivity contribution in [2.24, 2.45) is 0 Å². The monoisotopic (exact) mass is 247 g/mol. The molecule has 0 radical (unpaired) electrons. The van der Waals surface area contributed by atoms with E-state index in [9.17, 15) is 9.46 Å². The Kier molecular flexibility index (Phi) is 3.62. The SMILES string of the molecule is O=P(O)(Cc1ccccc1)Nc1ccccc1. The van der Waals surface area contributed by atoms with Crippen LogP contribution >= 0.6 is 7.52 Å². The fraction of sp³-hybridized carbons (Fsp3) is 0.0769. The van der Waals surface area contributed by atoms with E-state index in [1.165, 1.54) is 0 Å². The highest BCUT2D eigenvalue weighted by molar-refractivity contribution is 7.58. The van der Waals surface area contributed by atoms with Crippen molar-refractivity contribution in [3.8, 4) is 0 Å². The van der Waals surface area contributed by atoms with Crippen molar-refractivity contribution in [2.75, 3.05) is 5.09 Å². The van der Waals surface area contributed by atoms with E-state index in [0.29, 0.717) is 5.69 Å². The molecular formula is C13H14NO2P. The van der Waals surface area contributed by atoms with Crippen molar-refractivity contribution in [1.29, 1.82) is 0 Å². The quantitative estimate of drug-likeness (QED) is 0.813. The van der Waals surface area contributed by atoms with E-state index in [0.717, 1.165) is 5.56 Å². The molecule has 4 heteroatoms. The Balaban J connectivity index is 2.07. The summed E-state index contributed by atoms with van der Waals surface area (Å²) in [4.78, 5) is 9.87. The third-order valence-corrected chi connectivity index (χ3v) is 3.72. The first kappa shape index (κ1) is 11.9. The molecule has 0 aromatic heterocycles. The molecule has 2 rings (SSSR count). The van der Waals surface area contributed by atoms with Gasteiger partial charge in [0.25, 0.3) is 7.52 Å². The van der Waals surface area contributed by atoms with Crippen molar-refractivity contribution < 1.29 is 9.46 Å². The molecule has 0 fully saturated rings. The number of nitrogens with one attached hydrogen (secondary N) is 1. The highest BCUT2D eigenvalue weighted by atomic mass is 31.2. The van der Waals surface area contributed by atoms with Crippen LogP contribution in [-0.2, 0) is 10.7 Å². The molecule has 0 aliphatic rings. The minimum atomic E-state index is -3.39. The van der Waals surface area contributed by atoms with Gasteiger partial charge in [-0.2, -0.15) is 0 Å². The minimum absolute atomic E-state index is 0.128. The van der Waals surface area contributed by atoms with Crippen LogP contribution in [0.1, 0.15) is 5.56 Å². The zero-order chi connectivity index (χ0) is 12.1. The van der Waals surface area contributed by atoms with Crippen LogP contribution in [0.4, 0.5) is 5.69 Å². The molecule has 2 aromatic rings. The molecule has 0 aliphatic heterocycles. The fourth-order valence-electron chi connectivity index (χ4n) is 1.58. The van der Waals surface area contributed by atoms with Gasteiger partial charge in [0, 0.05) is 5.69 Å². The summed E-state index contributed by atoms with van der Waals surface area (Å²) in [5.41, 5.74) is 1.51. The Bertz CT molecular complexity index is 468. The van der Waals surface area contributed by atoms with E-state index in [1.807, 2.05) is 48.5 Å². The second-order valence-corrected chi connectivity index (χ2v) is 5.77. The summed E-state index contributed by atoms with van der Waals surface area (Å²) >= 11 is 0. The maximum absolute atomic E-state index is 12.0. The maximum Gasteiger partial charge on any atom is 0.295 e. The molecule has 3 nitrogen and oxygen atoms in total. The molecule has 0 bridgehead atoms. The number of hydrogen-bond acceptors (Lipinski definition) is 1. The van der Waals surface area contributed by atoms with E-state index < -0.39 is 7.52 Å². The first-order valence-corrected chi connectivity index (χ1v) is 7.19. The molecular weight excluding hydrogens is 233 g/mol. The van der Waals surface area contributed by atoms with Crippen LogP contribution in [-0.4, -0.2) is 4.89 Å². The zero-order valence-electron chi connectivity index (χ0n) is 9.28. The van der Waals surface area contributed by atoms with Crippen LogP contribution in [0, 0.1) is 0 Å². The van der Waals surface area contributed by atoms with Gasteiger partial charge in [-0.15, -0.1) is 0 Å². The van der Waals surface area contributed by atoms with Gasteiger partial charge in [0.2, 0.25) is 0 Å². The number of anilines is 1. The van der Waals surface area contributed by atoms with Gasteiger partial charge in [-0.25, -0.2) is 0 Å². The molecule has 1 atom stereocenters. The van der Waals surface area contributed by atoms with E-state index in [-0.39, 0.29) is 6.16 Å². The average Bonchev–Trinajstić information content (AvgIpc) is 2.30. The van der Waals surface area contributed by atoms with Gasteiger partial charge in [0.1, 0.15) is 0 Å². The summed E-state index contributed by atoms with van der Waals surface area (Å²) in [7, 11) is -3.39. The molecule has 17 heavy (non-hydrogen) atoms. The highest BCUT2D eigenvalue weighted by Crippen LogP contribution is 2.44. The Morgan fingerprint density at radius 2 is 1.47 bits per heavy atom. The lowest BCUT2D eigenvalue weighted by atomic mass is 10.2. The van der Waals surface area contributed by atoms with Gasteiger partial charge < -0.3 is 9.98 Å². The van der Waals surface area contributed by atoms with E-state index in [4.69, 9.17) is 0 Å². The maximum atomic E-state index is 12.0. The molecule has 88 valence electrons. The smallest absolute Gasteiger partial charge is 0.295 e. The average molecular weight is 247 g/mol. The Hall–Kier alpha value is -1.57. The summed E-state index contributed by atoms with van der Waals surface area (Å²) in [6.07, 6.45) is 0.128. The van der Waals surface area contributed by atoms with Crippen LogP contribution in [0.25, 0.3) is 0 Å². The highest BCUT2D eigenvalue weighted by Gasteiger charge is 2.18. The summed E-state index contributed by atoms with van der Waals surface area (Å²) in [5.74, 6) is 0. The van der Waals surface area contributed by atoms with Crippen LogP contribution < -0.4 is 5.09 Å². The number of para-hydroxylation sites is 1. The molecule has 1 unspecified atom stereocenters. The summed E-state index contributed by atoms with van der Waals surface area (Å²) in [6.45, 7) is 0. The van der Waals surface area contributed by atoms with Crippen molar-refractivity contribution in [3.63, 3.8) is 0 Å². The fourth-order valence-corrected chi connectivity index (χ4v) is 2.92. The molecule has 0 aliphatic carbocycles. The van der Waals surface area contributed by atoms with Gasteiger partial charge in [-0.1, -0.05) is 48.5 Å². The van der Waals surface area contributed by atoms with Crippen molar-refractivity contribution in [1.82, 2.24) is 0 Å². The predicted molar refractivity (Wildman–Crippen MR) is 70.0 cm³/mol. The summed E-state index contributed by atoms with van der Waals surface area (Å²) in [5, 5.41) is 2.68. The van der Waals surface area contributed by atoms with Crippen LogP contribution in [0.3, 0.4) is 0 Å². The topological polar surface area (TPSA) is 49.3 Å². The molecule has 0 amide bonds. The standard InChI is InChI=1S/C13H14NO2P/c15-17(16,11-12-7-3-1-4-8-12)14-13-9-5-2-6-10-13/h1-10H,11H2,(H2,14,15,16). The first-order valence-electron chi connectivity index (χ1n) is 5.35. The Labute approximate surface area is 101 Å². The molecule has 0 saturated heterocycles. The number of benzene rings is 2. The number of rotatable bonds is 4. The van der Waals surface area contributed by atoms with Crippen LogP contribution in [0.5, 0.6) is 0 Å². The van der Waals surface area contributed by atoms with Crippen molar-refractivity contribution in [2.45, 2.75) is 6.16 Å². The minimum Gasteiger partial charge on any atom is -0.329 e. The Morgan fingerprint density at radius 3 is 2.06 bits per heavy atom. The van der Waals surface area contributed by atoms with E-state index in [2.05, 4.69) is 5.09 Å². The van der Waals surface area contributed by atoms with Gasteiger partial charge in [0.15, 0.2) is 0 Å². The van der Waals surface area contributed by atoms with Gasteiger partial charge in [-0.05, 0) is 17.7 Å². The normalized spacial score (nSPS) is 13.9. The zero-order valence-corrected chi connectivity index (χ0v) is 10.2. The lowest BCUT2D eigenvalue weighted by Gasteiger charge is -2.14. The lowest BCUT2D eigenvalue weighted by Crippen LogP contribution is -1.99. The van der Waals surface area contributed by atoms with Gasteiger partial charge in [-0.3, -0.25) is 4.57 Å². The lowest BCUT2D eigenvalue weighted by molar-refractivity contribution is 0.483. The molecule has 2 N–H and O–H groups in total. The molecule has 0 spiro atoms. The second-order valence-electron chi connectivity index (χ2n) is 3.82. The van der Waals surface area contributed by atoms with Crippen molar-refractivity contribution >= 4 is 13.2 Å². The van der Waals surface area contributed by atoms with Crippen LogP contribution in [0.2, 0.25) is 0 Å². The molecule has 0 saturated carbocycles. The van der Waals surface area contributed by atoms with Crippen molar-refractivity contribution in [3.05, 3.63) is 66.2 Å². The van der Waals surface area contributed by atoms with E-state index >= 15 is 0 Å². The van der Waals surface area contributed by atoms with Gasteiger partial charge >= 0.3 is 0 Å². The summed E-state index contributed by atoms with van der Waals surface area (Å²) < 4.78 is 12.0. The second kappa shape index (κ2) is 5.17. The van der Waals surface area contributed by atoms with Gasteiger partial charge in [0.05, 0.1) is 6.16 Å². The molecule has 2 aromatic carbocycles. The van der Waals surface area contributed by atoms with Crippen LogP contribution in [0.15, 0.2) is 60.7 Å².